The predicted octanol–water partition coefficient (Wildman–Crippen LogP) is 0.590. The van der Waals surface area contributed by atoms with E-state index in [1.54, 1.807) is 26.4 Å². The molecular formula is C12H18N4O2. The van der Waals surface area contributed by atoms with Crippen LogP contribution in [0.1, 0.15) is 19.8 Å². The molecule has 0 aliphatic carbocycles. The van der Waals surface area contributed by atoms with Gasteiger partial charge in [-0.25, -0.2) is 9.97 Å². The Morgan fingerprint density at radius 2 is 2.22 bits per heavy atom. The van der Waals surface area contributed by atoms with E-state index in [-0.39, 0.29) is 11.9 Å². The van der Waals surface area contributed by atoms with E-state index < -0.39 is 0 Å². The van der Waals surface area contributed by atoms with E-state index in [0.717, 1.165) is 25.9 Å². The summed E-state index contributed by atoms with van der Waals surface area (Å²) in [6, 6.07) is 0.182. The van der Waals surface area contributed by atoms with Crippen molar-refractivity contribution in [3.63, 3.8) is 0 Å². The van der Waals surface area contributed by atoms with Gasteiger partial charge in [-0.05, 0) is 12.8 Å². The maximum absolute atomic E-state index is 11.1. The second-order valence-corrected chi connectivity index (χ2v) is 4.41. The largest absolute Gasteiger partial charge is 0.494 e. The van der Waals surface area contributed by atoms with Crippen molar-refractivity contribution < 1.29 is 9.53 Å². The summed E-state index contributed by atoms with van der Waals surface area (Å²) in [6.45, 7) is 3.22. The van der Waals surface area contributed by atoms with Crippen molar-refractivity contribution in [1.29, 1.82) is 0 Å². The number of anilines is 1. The fraction of sp³-hybridized carbons (Fsp3) is 0.583. The number of carbonyl (C=O) groups excluding carboxylic acids is 1. The van der Waals surface area contributed by atoms with Gasteiger partial charge in [0.25, 0.3) is 0 Å². The average molecular weight is 250 g/mol. The smallest absolute Gasteiger partial charge is 0.225 e. The van der Waals surface area contributed by atoms with Crippen LogP contribution < -0.4 is 15.0 Å². The molecule has 1 aliphatic rings. The normalized spacial score (nSPS) is 19.4. The zero-order chi connectivity index (χ0) is 13.0. The second kappa shape index (κ2) is 5.66. The lowest BCUT2D eigenvalue weighted by Gasteiger charge is -2.32. The number of piperidine rings is 1. The molecule has 1 fully saturated rings. The van der Waals surface area contributed by atoms with Gasteiger partial charge in [0.05, 0.1) is 19.5 Å². The third-order valence-electron chi connectivity index (χ3n) is 2.96. The number of hydrogen-bond donors (Lipinski definition) is 1. The van der Waals surface area contributed by atoms with Crippen LogP contribution in [0.25, 0.3) is 0 Å². The molecule has 2 rings (SSSR count). The zero-order valence-electron chi connectivity index (χ0n) is 10.7. The predicted molar refractivity (Wildman–Crippen MR) is 67.6 cm³/mol. The van der Waals surface area contributed by atoms with Crippen LogP contribution in [-0.4, -0.2) is 42.1 Å². The highest BCUT2D eigenvalue weighted by molar-refractivity contribution is 5.73. The molecule has 18 heavy (non-hydrogen) atoms. The quantitative estimate of drug-likeness (QED) is 0.850. The first kappa shape index (κ1) is 12.6. The Bertz CT molecular complexity index is 407. The average Bonchev–Trinajstić information content (AvgIpc) is 2.38. The fourth-order valence-corrected chi connectivity index (χ4v) is 2.14. The molecule has 0 bridgehead atoms. The molecular weight excluding hydrogens is 232 g/mol. The van der Waals surface area contributed by atoms with Crippen molar-refractivity contribution in [1.82, 2.24) is 15.3 Å². The Hall–Kier alpha value is -1.85. The second-order valence-electron chi connectivity index (χ2n) is 4.41. The van der Waals surface area contributed by atoms with Gasteiger partial charge in [0, 0.05) is 26.1 Å². The lowest BCUT2D eigenvalue weighted by molar-refractivity contribution is -0.119. The number of aromatic nitrogens is 2. The molecule has 0 radical (unpaired) electrons. The molecule has 1 aromatic heterocycles. The number of rotatable bonds is 3. The van der Waals surface area contributed by atoms with Crippen LogP contribution in [0.15, 0.2) is 12.4 Å². The van der Waals surface area contributed by atoms with Crippen LogP contribution in [0.5, 0.6) is 5.75 Å². The molecule has 1 N–H and O–H groups in total. The zero-order valence-corrected chi connectivity index (χ0v) is 10.7. The first-order valence-corrected chi connectivity index (χ1v) is 6.07. The Labute approximate surface area is 106 Å². The summed E-state index contributed by atoms with van der Waals surface area (Å²) in [5.41, 5.74) is 0. The van der Waals surface area contributed by atoms with E-state index in [1.807, 2.05) is 0 Å². The minimum Gasteiger partial charge on any atom is -0.494 e. The van der Waals surface area contributed by atoms with E-state index in [2.05, 4.69) is 20.2 Å². The van der Waals surface area contributed by atoms with Gasteiger partial charge in [0.2, 0.25) is 11.9 Å². The topological polar surface area (TPSA) is 67.3 Å². The van der Waals surface area contributed by atoms with Crippen molar-refractivity contribution in [2.75, 3.05) is 25.1 Å². The van der Waals surface area contributed by atoms with Crippen LogP contribution in [0.3, 0.4) is 0 Å². The van der Waals surface area contributed by atoms with Crippen LogP contribution >= 0.6 is 0 Å². The molecule has 1 saturated heterocycles. The van der Waals surface area contributed by atoms with Gasteiger partial charge < -0.3 is 15.0 Å². The van der Waals surface area contributed by atoms with E-state index >= 15 is 0 Å². The summed E-state index contributed by atoms with van der Waals surface area (Å²) in [6.07, 6.45) is 5.35. The molecule has 6 heteroatoms. The van der Waals surface area contributed by atoms with Crippen molar-refractivity contribution in [2.24, 2.45) is 0 Å². The Morgan fingerprint density at radius 3 is 2.83 bits per heavy atom. The van der Waals surface area contributed by atoms with Gasteiger partial charge in [-0.3, -0.25) is 4.79 Å². The van der Waals surface area contributed by atoms with Crippen LogP contribution in [-0.2, 0) is 4.79 Å². The lowest BCUT2D eigenvalue weighted by atomic mass is 10.1. The van der Waals surface area contributed by atoms with Gasteiger partial charge in [0.15, 0.2) is 5.75 Å². The number of methoxy groups -OCH3 is 1. The van der Waals surface area contributed by atoms with E-state index in [1.165, 1.54) is 0 Å². The number of hydrogen-bond acceptors (Lipinski definition) is 5. The molecule has 0 aromatic carbocycles. The third kappa shape index (κ3) is 3.09. The van der Waals surface area contributed by atoms with E-state index in [4.69, 9.17) is 4.74 Å². The third-order valence-corrected chi connectivity index (χ3v) is 2.96. The highest BCUT2D eigenvalue weighted by Crippen LogP contribution is 2.17. The Balaban J connectivity index is 2.01. The summed E-state index contributed by atoms with van der Waals surface area (Å²) < 4.78 is 5.03. The number of ether oxygens (including phenoxy) is 1. The molecule has 2 heterocycles. The van der Waals surface area contributed by atoms with Crippen molar-refractivity contribution >= 4 is 11.9 Å². The molecule has 1 atom stereocenters. The number of nitrogens with zero attached hydrogens (tertiary/aromatic N) is 3. The Morgan fingerprint density at radius 1 is 1.50 bits per heavy atom. The summed E-state index contributed by atoms with van der Waals surface area (Å²) in [7, 11) is 1.59. The van der Waals surface area contributed by atoms with Gasteiger partial charge in [0.1, 0.15) is 0 Å². The molecule has 98 valence electrons. The van der Waals surface area contributed by atoms with Crippen molar-refractivity contribution in [3.8, 4) is 5.75 Å². The minimum atomic E-state index is 0.0116. The SMILES string of the molecule is COc1cnc(N2CCCC(NC(C)=O)C2)nc1. The monoisotopic (exact) mass is 250 g/mol. The molecule has 0 saturated carbocycles. The molecule has 0 spiro atoms. The summed E-state index contributed by atoms with van der Waals surface area (Å²) >= 11 is 0. The standard InChI is InChI=1S/C12H18N4O2/c1-9(17)15-10-4-3-5-16(8-10)12-13-6-11(18-2)7-14-12/h6-7,10H,3-5,8H2,1-2H3,(H,15,17). The van der Waals surface area contributed by atoms with Gasteiger partial charge >= 0.3 is 0 Å². The maximum atomic E-state index is 11.1. The first-order valence-electron chi connectivity index (χ1n) is 6.07. The maximum Gasteiger partial charge on any atom is 0.225 e. The molecule has 6 nitrogen and oxygen atoms in total. The molecule has 1 aromatic rings. The lowest BCUT2D eigenvalue weighted by Crippen LogP contribution is -2.47. The number of carbonyl (C=O) groups is 1. The van der Waals surface area contributed by atoms with Crippen LogP contribution in [0.2, 0.25) is 0 Å². The fourth-order valence-electron chi connectivity index (χ4n) is 2.14. The summed E-state index contributed by atoms with van der Waals surface area (Å²) in [5, 5.41) is 2.94. The van der Waals surface area contributed by atoms with Gasteiger partial charge in [-0.2, -0.15) is 0 Å². The van der Waals surface area contributed by atoms with Crippen molar-refractivity contribution in [2.45, 2.75) is 25.8 Å². The number of amides is 1. The Kier molecular flexibility index (Phi) is 3.96. The molecule has 1 amide bonds. The van der Waals surface area contributed by atoms with Gasteiger partial charge in [-0.1, -0.05) is 0 Å². The summed E-state index contributed by atoms with van der Waals surface area (Å²) in [4.78, 5) is 21.7. The minimum absolute atomic E-state index is 0.0116. The number of nitrogens with one attached hydrogen (secondary N) is 1. The van der Waals surface area contributed by atoms with Crippen molar-refractivity contribution in [3.05, 3.63) is 12.4 Å². The van der Waals surface area contributed by atoms with E-state index in [9.17, 15) is 4.79 Å². The highest BCUT2D eigenvalue weighted by atomic mass is 16.5. The van der Waals surface area contributed by atoms with Crippen LogP contribution in [0, 0.1) is 0 Å². The molecule has 1 aliphatic heterocycles. The summed E-state index contributed by atoms with van der Waals surface area (Å²) in [5.74, 6) is 1.34. The molecule has 1 unspecified atom stereocenters. The first-order chi connectivity index (χ1) is 8.69. The van der Waals surface area contributed by atoms with Gasteiger partial charge in [-0.15, -0.1) is 0 Å². The van der Waals surface area contributed by atoms with Crippen LogP contribution in [0.4, 0.5) is 5.95 Å². The van der Waals surface area contributed by atoms with E-state index in [0.29, 0.717) is 11.7 Å². The highest BCUT2D eigenvalue weighted by Gasteiger charge is 2.22.